The van der Waals surface area contributed by atoms with Gasteiger partial charge >= 0.3 is 0 Å². The summed E-state index contributed by atoms with van der Waals surface area (Å²) in [6, 6.07) is 0. The van der Waals surface area contributed by atoms with Crippen LogP contribution in [0, 0.1) is 11.3 Å². The van der Waals surface area contributed by atoms with Crippen molar-refractivity contribution in [1.82, 2.24) is 0 Å². The lowest BCUT2D eigenvalue weighted by Gasteiger charge is -2.21. The predicted octanol–water partition coefficient (Wildman–Crippen LogP) is 1.82. The van der Waals surface area contributed by atoms with Crippen LogP contribution in [0.3, 0.4) is 0 Å². The first-order chi connectivity index (χ1) is 5.64. The Kier molecular flexibility index (Phi) is 3.53. The van der Waals surface area contributed by atoms with E-state index in [2.05, 4.69) is 0 Å². The molecule has 1 fully saturated rings. The standard InChI is InChI=1S/C10H20O2/c1-10(2,7-11)8-12-6-5-9-3-4-9/h9,11H,3-8H2,1-2H3. The molecule has 2 heteroatoms. The highest BCUT2D eigenvalue weighted by Crippen LogP contribution is 2.32. The molecule has 72 valence electrons. The number of rotatable bonds is 6. The van der Waals surface area contributed by atoms with Crippen LogP contribution in [0.2, 0.25) is 0 Å². The average molecular weight is 172 g/mol. The van der Waals surface area contributed by atoms with E-state index in [0.717, 1.165) is 12.5 Å². The molecule has 0 spiro atoms. The summed E-state index contributed by atoms with van der Waals surface area (Å²) in [6.45, 7) is 5.79. The third-order valence-electron chi connectivity index (χ3n) is 2.29. The first-order valence-corrected chi connectivity index (χ1v) is 4.83. The van der Waals surface area contributed by atoms with E-state index in [-0.39, 0.29) is 12.0 Å². The zero-order valence-electron chi connectivity index (χ0n) is 8.18. The molecule has 1 aliphatic carbocycles. The van der Waals surface area contributed by atoms with E-state index in [1.165, 1.54) is 19.3 Å². The van der Waals surface area contributed by atoms with Crippen LogP contribution in [0.4, 0.5) is 0 Å². The van der Waals surface area contributed by atoms with Gasteiger partial charge in [0, 0.05) is 12.0 Å². The SMILES string of the molecule is CC(C)(CO)COCCC1CC1. The highest BCUT2D eigenvalue weighted by Gasteiger charge is 2.21. The summed E-state index contributed by atoms with van der Waals surface area (Å²) in [4.78, 5) is 0. The number of aliphatic hydroxyl groups is 1. The lowest BCUT2D eigenvalue weighted by atomic mass is 9.97. The van der Waals surface area contributed by atoms with Gasteiger partial charge in [-0.05, 0) is 12.3 Å². The minimum absolute atomic E-state index is 0.0659. The van der Waals surface area contributed by atoms with Gasteiger partial charge in [-0.3, -0.25) is 0 Å². The van der Waals surface area contributed by atoms with Gasteiger partial charge < -0.3 is 9.84 Å². The van der Waals surface area contributed by atoms with Crippen molar-refractivity contribution in [2.45, 2.75) is 33.1 Å². The Morgan fingerprint density at radius 3 is 2.58 bits per heavy atom. The maximum absolute atomic E-state index is 8.93. The Morgan fingerprint density at radius 1 is 1.42 bits per heavy atom. The summed E-state index contributed by atoms with van der Waals surface area (Å²) in [5.41, 5.74) is -0.0659. The minimum Gasteiger partial charge on any atom is -0.396 e. The van der Waals surface area contributed by atoms with E-state index in [1.807, 2.05) is 13.8 Å². The molecule has 1 rings (SSSR count). The second kappa shape index (κ2) is 4.24. The maximum atomic E-state index is 8.93. The third kappa shape index (κ3) is 4.07. The van der Waals surface area contributed by atoms with Crippen LogP contribution < -0.4 is 0 Å². The van der Waals surface area contributed by atoms with Crippen molar-refractivity contribution >= 4 is 0 Å². The fraction of sp³-hybridized carbons (Fsp3) is 1.00. The van der Waals surface area contributed by atoms with Gasteiger partial charge in [0.25, 0.3) is 0 Å². The van der Waals surface area contributed by atoms with Crippen molar-refractivity contribution in [1.29, 1.82) is 0 Å². The third-order valence-corrected chi connectivity index (χ3v) is 2.29. The Morgan fingerprint density at radius 2 is 2.08 bits per heavy atom. The lowest BCUT2D eigenvalue weighted by molar-refractivity contribution is 0.0258. The maximum Gasteiger partial charge on any atom is 0.0539 e. The molecule has 0 heterocycles. The van der Waals surface area contributed by atoms with Crippen molar-refractivity contribution in [2.24, 2.45) is 11.3 Å². The van der Waals surface area contributed by atoms with Gasteiger partial charge in [0.1, 0.15) is 0 Å². The molecule has 0 radical (unpaired) electrons. The second-order valence-electron chi connectivity index (χ2n) is 4.61. The number of hydrogen-bond donors (Lipinski definition) is 1. The van der Waals surface area contributed by atoms with Gasteiger partial charge in [0.2, 0.25) is 0 Å². The Bertz CT molecular complexity index is 128. The molecule has 0 atom stereocenters. The van der Waals surface area contributed by atoms with Crippen LogP contribution in [-0.4, -0.2) is 24.9 Å². The predicted molar refractivity (Wildman–Crippen MR) is 49.0 cm³/mol. The molecule has 0 aromatic carbocycles. The number of aliphatic hydroxyl groups excluding tert-OH is 1. The van der Waals surface area contributed by atoms with Crippen molar-refractivity contribution in [2.75, 3.05) is 19.8 Å². The number of hydrogen-bond acceptors (Lipinski definition) is 2. The zero-order chi connectivity index (χ0) is 9.03. The first-order valence-electron chi connectivity index (χ1n) is 4.83. The Balaban J connectivity index is 1.92. The van der Waals surface area contributed by atoms with E-state index < -0.39 is 0 Å². The van der Waals surface area contributed by atoms with Crippen molar-refractivity contribution < 1.29 is 9.84 Å². The molecule has 0 amide bonds. The molecule has 1 saturated carbocycles. The molecule has 0 aliphatic heterocycles. The molecule has 1 N–H and O–H groups in total. The van der Waals surface area contributed by atoms with Gasteiger partial charge in [0.05, 0.1) is 13.2 Å². The Labute approximate surface area is 74.9 Å². The first kappa shape index (κ1) is 10.0. The molecule has 1 aliphatic rings. The van der Waals surface area contributed by atoms with Gasteiger partial charge in [-0.1, -0.05) is 26.7 Å². The second-order valence-corrected chi connectivity index (χ2v) is 4.61. The summed E-state index contributed by atoms with van der Waals surface area (Å²) in [7, 11) is 0. The fourth-order valence-corrected chi connectivity index (χ4v) is 1.05. The molecule has 0 aromatic rings. The molecule has 0 saturated heterocycles. The normalized spacial score (nSPS) is 18.2. The number of ether oxygens (including phenoxy) is 1. The molecule has 0 bridgehead atoms. The summed E-state index contributed by atoms with van der Waals surface area (Å²) < 4.78 is 5.48. The van der Waals surface area contributed by atoms with Crippen LogP contribution in [0.1, 0.15) is 33.1 Å². The van der Waals surface area contributed by atoms with Crippen molar-refractivity contribution in [3.8, 4) is 0 Å². The molecule has 12 heavy (non-hydrogen) atoms. The highest BCUT2D eigenvalue weighted by atomic mass is 16.5. The Hall–Kier alpha value is -0.0800. The van der Waals surface area contributed by atoms with Gasteiger partial charge in [-0.15, -0.1) is 0 Å². The van der Waals surface area contributed by atoms with Gasteiger partial charge in [0.15, 0.2) is 0 Å². The van der Waals surface area contributed by atoms with E-state index in [4.69, 9.17) is 9.84 Å². The summed E-state index contributed by atoms with van der Waals surface area (Å²) in [5, 5.41) is 8.93. The fourth-order valence-electron chi connectivity index (χ4n) is 1.05. The molecular formula is C10H20O2. The topological polar surface area (TPSA) is 29.5 Å². The van der Waals surface area contributed by atoms with Crippen LogP contribution in [-0.2, 0) is 4.74 Å². The molecular weight excluding hydrogens is 152 g/mol. The quantitative estimate of drug-likeness (QED) is 0.619. The largest absolute Gasteiger partial charge is 0.396 e. The van der Waals surface area contributed by atoms with E-state index in [1.54, 1.807) is 0 Å². The van der Waals surface area contributed by atoms with Crippen LogP contribution in [0.25, 0.3) is 0 Å². The highest BCUT2D eigenvalue weighted by molar-refractivity contribution is 4.72. The molecule has 0 aromatic heterocycles. The lowest BCUT2D eigenvalue weighted by Crippen LogP contribution is -2.23. The van der Waals surface area contributed by atoms with Crippen LogP contribution >= 0.6 is 0 Å². The monoisotopic (exact) mass is 172 g/mol. The van der Waals surface area contributed by atoms with E-state index in [0.29, 0.717) is 6.61 Å². The van der Waals surface area contributed by atoms with E-state index >= 15 is 0 Å². The van der Waals surface area contributed by atoms with Crippen LogP contribution in [0.5, 0.6) is 0 Å². The summed E-state index contributed by atoms with van der Waals surface area (Å²) in [6.07, 6.45) is 4.00. The summed E-state index contributed by atoms with van der Waals surface area (Å²) in [5.74, 6) is 0.947. The molecule has 2 nitrogen and oxygen atoms in total. The zero-order valence-corrected chi connectivity index (χ0v) is 8.18. The van der Waals surface area contributed by atoms with Crippen molar-refractivity contribution in [3.63, 3.8) is 0 Å². The summed E-state index contributed by atoms with van der Waals surface area (Å²) >= 11 is 0. The van der Waals surface area contributed by atoms with Crippen molar-refractivity contribution in [3.05, 3.63) is 0 Å². The van der Waals surface area contributed by atoms with Crippen LogP contribution in [0.15, 0.2) is 0 Å². The van der Waals surface area contributed by atoms with Gasteiger partial charge in [-0.2, -0.15) is 0 Å². The smallest absolute Gasteiger partial charge is 0.0539 e. The molecule has 0 unspecified atom stereocenters. The van der Waals surface area contributed by atoms with Gasteiger partial charge in [-0.25, -0.2) is 0 Å². The average Bonchev–Trinajstić information content (AvgIpc) is 2.82. The van der Waals surface area contributed by atoms with E-state index in [9.17, 15) is 0 Å². The minimum atomic E-state index is -0.0659.